The monoisotopic (exact) mass is 247 g/mol. The number of carbonyl (C=O) groups excluding carboxylic acids is 1. The van der Waals surface area contributed by atoms with Crippen LogP contribution in [-0.4, -0.2) is 33.0 Å². The minimum Gasteiger partial charge on any atom is -0.396 e. The van der Waals surface area contributed by atoms with Gasteiger partial charge in [-0.05, 0) is 31.9 Å². The number of pyridine rings is 1. The second-order valence-corrected chi connectivity index (χ2v) is 4.46. The minimum absolute atomic E-state index is 0.0575. The molecular weight excluding hydrogens is 230 g/mol. The van der Waals surface area contributed by atoms with Crippen molar-refractivity contribution in [1.29, 1.82) is 0 Å². The van der Waals surface area contributed by atoms with Crippen LogP contribution in [0.15, 0.2) is 24.5 Å². The number of hydrogen-bond donors (Lipinski definition) is 2. The maximum absolute atomic E-state index is 12.1. The fourth-order valence-corrected chi connectivity index (χ4v) is 1.82. The van der Waals surface area contributed by atoms with E-state index in [1.165, 1.54) is 0 Å². The Labute approximate surface area is 105 Å². The highest BCUT2D eigenvalue weighted by molar-refractivity contribution is 5.93. The van der Waals surface area contributed by atoms with E-state index in [0.29, 0.717) is 12.1 Å². The Bertz CT molecular complexity index is 562. The molecule has 1 atom stereocenters. The fourth-order valence-electron chi connectivity index (χ4n) is 1.82. The molecule has 0 spiro atoms. The maximum Gasteiger partial charge on any atom is 0.270 e. The molecule has 0 aliphatic heterocycles. The average Bonchev–Trinajstić information content (AvgIpc) is 2.71. The summed E-state index contributed by atoms with van der Waals surface area (Å²) in [6, 6.07) is 3.78. The molecule has 0 fully saturated rings. The largest absolute Gasteiger partial charge is 0.396 e. The summed E-state index contributed by atoms with van der Waals surface area (Å²) in [6.07, 6.45) is 3.99. The van der Waals surface area contributed by atoms with Crippen LogP contribution >= 0.6 is 0 Å². The van der Waals surface area contributed by atoms with Gasteiger partial charge in [-0.3, -0.25) is 9.20 Å². The van der Waals surface area contributed by atoms with Gasteiger partial charge < -0.3 is 10.4 Å². The second kappa shape index (κ2) is 5.18. The zero-order valence-electron chi connectivity index (χ0n) is 10.6. The van der Waals surface area contributed by atoms with Crippen LogP contribution in [-0.2, 0) is 0 Å². The van der Waals surface area contributed by atoms with E-state index in [2.05, 4.69) is 10.3 Å². The number of aliphatic hydroxyl groups excluding tert-OH is 1. The molecule has 2 aromatic rings. The van der Waals surface area contributed by atoms with Crippen molar-refractivity contribution in [2.75, 3.05) is 6.61 Å². The zero-order valence-corrected chi connectivity index (χ0v) is 10.6. The maximum atomic E-state index is 12.1. The van der Waals surface area contributed by atoms with Gasteiger partial charge in [-0.2, -0.15) is 0 Å². The molecule has 0 radical (unpaired) electrons. The van der Waals surface area contributed by atoms with Crippen molar-refractivity contribution < 1.29 is 9.90 Å². The van der Waals surface area contributed by atoms with Crippen LogP contribution in [0.3, 0.4) is 0 Å². The van der Waals surface area contributed by atoms with E-state index < -0.39 is 0 Å². The third-order valence-corrected chi connectivity index (χ3v) is 2.83. The van der Waals surface area contributed by atoms with Gasteiger partial charge in [-0.1, -0.05) is 6.07 Å². The van der Waals surface area contributed by atoms with Crippen LogP contribution in [0.5, 0.6) is 0 Å². The van der Waals surface area contributed by atoms with Crippen LogP contribution in [0.1, 0.15) is 29.4 Å². The van der Waals surface area contributed by atoms with E-state index in [-0.39, 0.29) is 18.6 Å². The van der Waals surface area contributed by atoms with Crippen molar-refractivity contribution in [2.45, 2.75) is 26.3 Å². The number of hydrogen-bond acceptors (Lipinski definition) is 3. The highest BCUT2D eigenvalue weighted by Crippen LogP contribution is 2.09. The van der Waals surface area contributed by atoms with Crippen LogP contribution in [0.2, 0.25) is 0 Å². The highest BCUT2D eigenvalue weighted by Gasteiger charge is 2.14. The number of aromatic nitrogens is 2. The van der Waals surface area contributed by atoms with Gasteiger partial charge in [-0.25, -0.2) is 4.98 Å². The SMILES string of the molecule is Cc1ccc2ncc(C(=O)N[C@H](C)CCO)n2c1. The molecule has 0 unspecified atom stereocenters. The van der Waals surface area contributed by atoms with Crippen molar-refractivity contribution in [3.63, 3.8) is 0 Å². The highest BCUT2D eigenvalue weighted by atomic mass is 16.3. The summed E-state index contributed by atoms with van der Waals surface area (Å²) in [7, 11) is 0. The van der Waals surface area contributed by atoms with Gasteiger partial charge in [-0.15, -0.1) is 0 Å². The third-order valence-electron chi connectivity index (χ3n) is 2.83. The molecule has 2 heterocycles. The molecule has 2 N–H and O–H groups in total. The standard InChI is InChI=1S/C13H17N3O2/c1-9-3-4-12-14-7-11(16(12)8-9)13(18)15-10(2)5-6-17/h3-4,7-8,10,17H,5-6H2,1-2H3,(H,15,18)/t10-/m1/s1. The lowest BCUT2D eigenvalue weighted by Crippen LogP contribution is -2.33. The Morgan fingerprint density at radius 3 is 3.06 bits per heavy atom. The summed E-state index contributed by atoms with van der Waals surface area (Å²) in [5.74, 6) is -0.172. The van der Waals surface area contributed by atoms with Gasteiger partial charge in [0.2, 0.25) is 0 Å². The normalized spacial score (nSPS) is 12.6. The summed E-state index contributed by atoms with van der Waals surface area (Å²) < 4.78 is 1.77. The van der Waals surface area contributed by atoms with E-state index in [4.69, 9.17) is 5.11 Å². The number of carbonyl (C=O) groups is 1. The van der Waals surface area contributed by atoms with Crippen molar-refractivity contribution in [2.24, 2.45) is 0 Å². The Hall–Kier alpha value is -1.88. The first-order chi connectivity index (χ1) is 8.61. The first-order valence-electron chi connectivity index (χ1n) is 5.97. The van der Waals surface area contributed by atoms with Crippen molar-refractivity contribution in [3.05, 3.63) is 35.8 Å². The van der Waals surface area contributed by atoms with Crippen LogP contribution in [0.25, 0.3) is 5.65 Å². The van der Waals surface area contributed by atoms with Crippen molar-refractivity contribution in [1.82, 2.24) is 14.7 Å². The van der Waals surface area contributed by atoms with E-state index >= 15 is 0 Å². The van der Waals surface area contributed by atoms with Crippen LogP contribution in [0.4, 0.5) is 0 Å². The number of nitrogens with one attached hydrogen (secondary N) is 1. The molecule has 2 aromatic heterocycles. The number of aryl methyl sites for hydroxylation is 1. The molecule has 0 saturated carbocycles. The van der Waals surface area contributed by atoms with Gasteiger partial charge in [0.05, 0.1) is 6.20 Å². The van der Waals surface area contributed by atoms with E-state index in [1.54, 1.807) is 10.6 Å². The lowest BCUT2D eigenvalue weighted by molar-refractivity contribution is 0.0928. The summed E-state index contributed by atoms with van der Waals surface area (Å²) in [6.45, 7) is 3.89. The zero-order chi connectivity index (χ0) is 13.1. The second-order valence-electron chi connectivity index (χ2n) is 4.46. The first-order valence-corrected chi connectivity index (χ1v) is 5.97. The molecule has 0 aliphatic carbocycles. The fraction of sp³-hybridized carbons (Fsp3) is 0.385. The van der Waals surface area contributed by atoms with E-state index in [1.807, 2.05) is 32.2 Å². The van der Waals surface area contributed by atoms with Gasteiger partial charge in [0.15, 0.2) is 0 Å². The Morgan fingerprint density at radius 1 is 1.56 bits per heavy atom. The van der Waals surface area contributed by atoms with Crippen LogP contribution in [0, 0.1) is 6.92 Å². The molecule has 1 amide bonds. The average molecular weight is 247 g/mol. The smallest absolute Gasteiger partial charge is 0.270 e. The number of aliphatic hydroxyl groups is 1. The first kappa shape index (κ1) is 12.6. The molecule has 0 bridgehead atoms. The molecule has 5 nitrogen and oxygen atoms in total. The van der Waals surface area contributed by atoms with Crippen molar-refractivity contribution >= 4 is 11.6 Å². The summed E-state index contributed by atoms with van der Waals surface area (Å²) in [4.78, 5) is 16.2. The summed E-state index contributed by atoms with van der Waals surface area (Å²) in [5.41, 5.74) is 2.33. The van der Waals surface area contributed by atoms with E-state index in [0.717, 1.165) is 11.2 Å². The molecule has 5 heteroatoms. The lowest BCUT2D eigenvalue weighted by Gasteiger charge is -2.12. The summed E-state index contributed by atoms with van der Waals surface area (Å²) in [5, 5.41) is 11.7. The molecule has 0 saturated heterocycles. The number of rotatable bonds is 4. The van der Waals surface area contributed by atoms with Gasteiger partial charge >= 0.3 is 0 Å². The topological polar surface area (TPSA) is 66.6 Å². The minimum atomic E-state index is -0.172. The molecule has 0 aromatic carbocycles. The van der Waals surface area contributed by atoms with Gasteiger partial charge in [0, 0.05) is 18.8 Å². The van der Waals surface area contributed by atoms with Crippen molar-refractivity contribution in [3.8, 4) is 0 Å². The lowest BCUT2D eigenvalue weighted by atomic mass is 10.2. The predicted octanol–water partition coefficient (Wildman–Crippen LogP) is 1.14. The molecular formula is C13H17N3O2. The molecule has 96 valence electrons. The third kappa shape index (κ3) is 2.51. The number of amides is 1. The Kier molecular flexibility index (Phi) is 3.62. The van der Waals surface area contributed by atoms with Gasteiger partial charge in [0.1, 0.15) is 11.3 Å². The number of fused-ring (bicyclic) bond motifs is 1. The van der Waals surface area contributed by atoms with Crippen LogP contribution < -0.4 is 5.32 Å². The van der Waals surface area contributed by atoms with E-state index in [9.17, 15) is 4.79 Å². The molecule has 2 rings (SSSR count). The number of nitrogens with zero attached hydrogens (tertiary/aromatic N) is 2. The molecule has 18 heavy (non-hydrogen) atoms. The summed E-state index contributed by atoms with van der Waals surface area (Å²) >= 11 is 0. The predicted molar refractivity (Wildman–Crippen MR) is 68.6 cm³/mol. The van der Waals surface area contributed by atoms with Gasteiger partial charge in [0.25, 0.3) is 5.91 Å². The number of imidazole rings is 1. The Balaban J connectivity index is 2.25. The quantitative estimate of drug-likeness (QED) is 0.851. The molecule has 0 aliphatic rings. The Morgan fingerprint density at radius 2 is 2.33 bits per heavy atom.